The molecule has 0 bridgehead atoms. The Morgan fingerprint density at radius 1 is 0.930 bits per heavy atom. The van der Waals surface area contributed by atoms with Crippen molar-refractivity contribution in [2.75, 3.05) is 24.2 Å². The molecule has 1 N–H and O–H groups in total. The maximum atomic E-state index is 14.0. The van der Waals surface area contributed by atoms with Gasteiger partial charge in [-0.25, -0.2) is 8.42 Å². The van der Waals surface area contributed by atoms with E-state index < -0.39 is 21.6 Å². The van der Waals surface area contributed by atoms with Crippen LogP contribution in [0, 0.1) is 0 Å². The minimum Gasteiger partial charge on any atom is -0.497 e. The molecule has 3 rings (SSSR count). The van der Waals surface area contributed by atoms with Gasteiger partial charge in [0.1, 0.15) is 11.8 Å². The summed E-state index contributed by atoms with van der Waals surface area (Å²) in [6, 6.07) is 20.3. The number of carbonyl (C=O) groups is 2. The summed E-state index contributed by atoms with van der Waals surface area (Å²) in [6.45, 7) is 5.69. The number of nitrogens with zero attached hydrogens (tertiary/aromatic N) is 2. The quantitative estimate of drug-likeness (QED) is 0.242. The average Bonchev–Trinajstić information content (AvgIpc) is 2.93. The van der Waals surface area contributed by atoms with Crippen molar-refractivity contribution in [3.8, 4) is 5.75 Å². The van der Waals surface area contributed by atoms with Crippen LogP contribution in [0.25, 0.3) is 0 Å². The molecule has 0 unspecified atom stereocenters. The number of benzene rings is 3. The molecule has 0 aromatic heterocycles. The first kappa shape index (κ1) is 34.2. The molecule has 2 amide bonds. The van der Waals surface area contributed by atoms with E-state index in [1.54, 1.807) is 42.5 Å². The van der Waals surface area contributed by atoms with Gasteiger partial charge in [0, 0.05) is 47.1 Å². The molecule has 3 aromatic rings. The van der Waals surface area contributed by atoms with Gasteiger partial charge in [0.25, 0.3) is 0 Å². The molecule has 0 saturated carbocycles. The van der Waals surface area contributed by atoms with Crippen LogP contribution in [-0.4, -0.2) is 56.6 Å². The highest BCUT2D eigenvalue weighted by molar-refractivity contribution is 7.92. The van der Waals surface area contributed by atoms with Crippen molar-refractivity contribution in [1.29, 1.82) is 0 Å². The molecule has 8 nitrogen and oxygen atoms in total. The molecule has 0 aliphatic rings. The predicted octanol–water partition coefficient (Wildman–Crippen LogP) is 6.10. The Morgan fingerprint density at radius 3 is 2.07 bits per heavy atom. The number of halogens is 2. The summed E-state index contributed by atoms with van der Waals surface area (Å²) < 4.78 is 31.8. The van der Waals surface area contributed by atoms with E-state index in [9.17, 15) is 18.0 Å². The second-order valence-corrected chi connectivity index (χ2v) is 14.0. The van der Waals surface area contributed by atoms with Crippen molar-refractivity contribution in [2.45, 2.75) is 58.2 Å². The predicted molar refractivity (Wildman–Crippen MR) is 173 cm³/mol. The van der Waals surface area contributed by atoms with Crippen molar-refractivity contribution in [3.63, 3.8) is 0 Å². The van der Waals surface area contributed by atoms with Crippen LogP contribution in [0.3, 0.4) is 0 Å². The first-order valence-electron chi connectivity index (χ1n) is 13.9. The fraction of sp³-hybridized carbons (Fsp3) is 0.375. The maximum absolute atomic E-state index is 14.0. The third kappa shape index (κ3) is 10.2. The molecule has 0 radical (unpaired) electrons. The smallest absolute Gasteiger partial charge is 0.243 e. The molecule has 0 heterocycles. The lowest BCUT2D eigenvalue weighted by Gasteiger charge is -2.34. The Morgan fingerprint density at radius 2 is 1.53 bits per heavy atom. The van der Waals surface area contributed by atoms with E-state index >= 15 is 0 Å². The lowest BCUT2D eigenvalue weighted by atomic mass is 10.00. The van der Waals surface area contributed by atoms with Gasteiger partial charge in [-0.3, -0.25) is 13.9 Å². The topological polar surface area (TPSA) is 96.0 Å². The maximum Gasteiger partial charge on any atom is 0.243 e. The molecule has 0 aliphatic heterocycles. The highest BCUT2D eigenvalue weighted by atomic mass is 35.5. The average molecular weight is 649 g/mol. The summed E-state index contributed by atoms with van der Waals surface area (Å²) in [5.41, 5.74) is 1.32. The van der Waals surface area contributed by atoms with Crippen molar-refractivity contribution in [2.24, 2.45) is 0 Å². The van der Waals surface area contributed by atoms with Gasteiger partial charge in [-0.1, -0.05) is 59.6 Å². The Labute approximate surface area is 265 Å². The largest absolute Gasteiger partial charge is 0.497 e. The van der Waals surface area contributed by atoms with Gasteiger partial charge in [0.05, 0.1) is 19.1 Å². The van der Waals surface area contributed by atoms with Gasteiger partial charge in [-0.05, 0) is 69.2 Å². The molecule has 0 fully saturated rings. The molecule has 232 valence electrons. The zero-order valence-corrected chi connectivity index (χ0v) is 27.5. The second kappa shape index (κ2) is 14.9. The van der Waals surface area contributed by atoms with Crippen molar-refractivity contribution < 1.29 is 22.7 Å². The van der Waals surface area contributed by atoms with E-state index in [4.69, 9.17) is 27.9 Å². The zero-order chi connectivity index (χ0) is 31.8. The molecule has 1 atom stereocenters. The van der Waals surface area contributed by atoms with Crippen LogP contribution in [0.5, 0.6) is 5.75 Å². The number of carbonyl (C=O) groups excluding carboxylic acids is 2. The van der Waals surface area contributed by atoms with Crippen LogP contribution in [0.15, 0.2) is 72.8 Å². The summed E-state index contributed by atoms with van der Waals surface area (Å²) in [7, 11) is -2.11. The van der Waals surface area contributed by atoms with Crippen LogP contribution < -0.4 is 14.4 Å². The summed E-state index contributed by atoms with van der Waals surface area (Å²) in [6.07, 6.45) is 1.58. The van der Waals surface area contributed by atoms with Crippen molar-refractivity contribution in [1.82, 2.24) is 10.2 Å². The highest BCUT2D eigenvalue weighted by Gasteiger charge is 2.33. The van der Waals surface area contributed by atoms with Crippen LogP contribution >= 0.6 is 23.2 Å². The van der Waals surface area contributed by atoms with E-state index in [2.05, 4.69) is 5.32 Å². The number of nitrogens with one attached hydrogen (secondary N) is 1. The second-order valence-electron chi connectivity index (χ2n) is 11.3. The molecule has 11 heteroatoms. The lowest BCUT2D eigenvalue weighted by Crippen LogP contribution is -2.54. The van der Waals surface area contributed by atoms with E-state index in [0.29, 0.717) is 27.0 Å². The summed E-state index contributed by atoms with van der Waals surface area (Å²) in [4.78, 5) is 29.2. The summed E-state index contributed by atoms with van der Waals surface area (Å²) in [5, 5.41) is 3.77. The molecule has 0 spiro atoms. The minimum atomic E-state index is -3.64. The number of rotatable bonds is 13. The number of hydrogen-bond donors (Lipinski definition) is 1. The van der Waals surface area contributed by atoms with Crippen molar-refractivity contribution >= 4 is 50.7 Å². The fourth-order valence-corrected chi connectivity index (χ4v) is 6.10. The van der Waals surface area contributed by atoms with Crippen LogP contribution in [0.4, 0.5) is 5.69 Å². The van der Waals surface area contributed by atoms with Gasteiger partial charge in [-0.15, -0.1) is 0 Å². The van der Waals surface area contributed by atoms with E-state index in [-0.39, 0.29) is 44.2 Å². The monoisotopic (exact) mass is 647 g/mol. The number of hydrogen-bond acceptors (Lipinski definition) is 5. The highest BCUT2D eigenvalue weighted by Crippen LogP contribution is 2.28. The Bertz CT molecular complexity index is 1470. The van der Waals surface area contributed by atoms with Gasteiger partial charge in [0.15, 0.2) is 0 Å². The molecule has 3 aromatic carbocycles. The normalized spacial score (nSPS) is 12.3. The molecular weight excluding hydrogens is 609 g/mol. The standard InChI is InChI=1S/C32H39Cl2N3O5S/c1-32(2,3)35-31(39)29(21-23-11-7-6-8-12-23)36(22-26-27(33)13-9-14-28(26)34)30(38)15-10-20-37(43(5,40)41)24-16-18-25(42-4)19-17-24/h6-9,11-14,16-19,29H,10,15,20-22H2,1-5H3,(H,35,39)/t29-/m1/s1. The summed E-state index contributed by atoms with van der Waals surface area (Å²) >= 11 is 13.0. The number of ether oxygens (including phenoxy) is 1. The first-order valence-corrected chi connectivity index (χ1v) is 16.5. The fourth-order valence-electron chi connectivity index (χ4n) is 4.61. The third-order valence-electron chi connectivity index (χ3n) is 6.67. The Kier molecular flexibility index (Phi) is 11.9. The van der Waals surface area contributed by atoms with Crippen LogP contribution in [0.1, 0.15) is 44.7 Å². The van der Waals surface area contributed by atoms with E-state index in [1.165, 1.54) is 16.3 Å². The van der Waals surface area contributed by atoms with Crippen LogP contribution in [0.2, 0.25) is 10.0 Å². The molecule has 0 saturated heterocycles. The zero-order valence-electron chi connectivity index (χ0n) is 25.1. The van der Waals surface area contributed by atoms with E-state index in [0.717, 1.165) is 11.8 Å². The number of methoxy groups -OCH3 is 1. The third-order valence-corrected chi connectivity index (χ3v) is 8.57. The SMILES string of the molecule is COc1ccc(N(CCCC(=O)N(Cc2c(Cl)cccc2Cl)[C@H](Cc2ccccc2)C(=O)NC(C)(C)C)S(C)(=O)=O)cc1. The number of amides is 2. The Balaban J connectivity index is 1.94. The first-order chi connectivity index (χ1) is 20.2. The van der Waals surface area contributed by atoms with E-state index in [1.807, 2.05) is 51.1 Å². The summed E-state index contributed by atoms with van der Waals surface area (Å²) in [5.74, 6) is -0.0488. The van der Waals surface area contributed by atoms with Gasteiger partial charge in [-0.2, -0.15) is 0 Å². The van der Waals surface area contributed by atoms with Crippen LogP contribution in [-0.2, 0) is 32.6 Å². The van der Waals surface area contributed by atoms with Gasteiger partial charge in [0.2, 0.25) is 21.8 Å². The number of sulfonamides is 1. The minimum absolute atomic E-state index is 0.000668. The van der Waals surface area contributed by atoms with Gasteiger partial charge >= 0.3 is 0 Å². The Hall–Kier alpha value is -3.27. The molecule has 0 aliphatic carbocycles. The molecular formula is C32H39Cl2N3O5S. The van der Waals surface area contributed by atoms with Crippen molar-refractivity contribution in [3.05, 3.63) is 94.0 Å². The molecule has 43 heavy (non-hydrogen) atoms. The number of anilines is 1. The lowest BCUT2D eigenvalue weighted by molar-refractivity contribution is -0.142. The van der Waals surface area contributed by atoms with Gasteiger partial charge < -0.3 is 15.0 Å².